The van der Waals surface area contributed by atoms with Crippen LogP contribution in [0.2, 0.25) is 0 Å². The van der Waals surface area contributed by atoms with Gasteiger partial charge in [-0.3, -0.25) is 9.59 Å². The summed E-state index contributed by atoms with van der Waals surface area (Å²) in [5.74, 6) is -2.70. The Bertz CT molecular complexity index is 1050. The van der Waals surface area contributed by atoms with Crippen molar-refractivity contribution >= 4 is 42.9 Å². The summed E-state index contributed by atoms with van der Waals surface area (Å²) in [5, 5.41) is -0.443. The van der Waals surface area contributed by atoms with E-state index in [0.29, 0.717) is 0 Å². The first-order valence-electron chi connectivity index (χ1n) is 6.69. The monoisotopic (exact) mass is 448 g/mol. The van der Waals surface area contributed by atoms with Crippen LogP contribution in [0.25, 0.3) is 10.8 Å². The maximum Gasteiger partial charge on any atom is 1.00 e. The molecule has 2 aromatic carbocycles. The first-order valence-corrected chi connectivity index (χ1v) is 9.51. The molecule has 0 saturated heterocycles. The number of esters is 2. The third-order valence-corrected chi connectivity index (χ3v) is 4.63. The summed E-state index contributed by atoms with van der Waals surface area (Å²) in [6.07, 6.45) is 0. The van der Waals surface area contributed by atoms with E-state index in [9.17, 15) is 35.5 Å². The van der Waals surface area contributed by atoms with E-state index in [1.807, 2.05) is 0 Å². The fraction of sp³-hybridized carbons (Fsp3) is 0.143. The van der Waals surface area contributed by atoms with Crippen LogP contribution in [0.4, 0.5) is 0 Å². The number of ether oxygens (including phenoxy) is 2. The number of hydrogen-bond acceptors (Lipinski definition) is 10. The van der Waals surface area contributed by atoms with Crippen LogP contribution in [0.1, 0.15) is 13.8 Å². The summed E-state index contributed by atoms with van der Waals surface area (Å²) in [5.41, 5.74) is 0. The second-order valence-electron chi connectivity index (χ2n) is 5.04. The van der Waals surface area contributed by atoms with Gasteiger partial charge in [-0.1, -0.05) is 0 Å². The zero-order chi connectivity index (χ0) is 19.9. The minimum absolute atomic E-state index is 0. The fourth-order valence-corrected chi connectivity index (χ4v) is 3.19. The molecular weight excluding hydrogens is 438 g/mol. The molecule has 28 heavy (non-hydrogen) atoms. The maximum absolute atomic E-state index is 11.3. The molecular formula is C14H10Na2O10S2. The summed E-state index contributed by atoms with van der Waals surface area (Å²) < 4.78 is 77.5. The number of carbonyl (C=O) groups is 2. The summed E-state index contributed by atoms with van der Waals surface area (Å²) in [6.45, 7) is 1.98. The van der Waals surface area contributed by atoms with Crippen LogP contribution in [0.3, 0.4) is 0 Å². The summed E-state index contributed by atoms with van der Waals surface area (Å²) >= 11 is 0. The van der Waals surface area contributed by atoms with Crippen LogP contribution in [0, 0.1) is 0 Å². The van der Waals surface area contributed by atoms with Crippen LogP contribution in [-0.2, 0) is 29.8 Å². The SMILES string of the molecule is CC(=O)Oc1cc(S(=O)(=O)[O-])cc2cc(S(=O)(=O)[O-])cc(OC(C)=O)c12.[Na+].[Na+]. The quantitative estimate of drug-likeness (QED) is 0.190. The molecule has 2 aromatic rings. The van der Waals surface area contributed by atoms with Gasteiger partial charge in [0.15, 0.2) is 0 Å². The topological polar surface area (TPSA) is 167 Å². The van der Waals surface area contributed by atoms with Gasteiger partial charge in [-0.15, -0.1) is 0 Å². The average Bonchev–Trinajstić information content (AvgIpc) is 2.43. The first-order chi connectivity index (χ1) is 11.8. The van der Waals surface area contributed by atoms with Crippen LogP contribution < -0.4 is 68.6 Å². The van der Waals surface area contributed by atoms with E-state index in [2.05, 4.69) is 0 Å². The summed E-state index contributed by atoms with van der Waals surface area (Å²) in [6, 6.07) is 2.99. The van der Waals surface area contributed by atoms with Crippen molar-refractivity contribution in [3.8, 4) is 11.5 Å². The van der Waals surface area contributed by atoms with Crippen molar-refractivity contribution in [3.05, 3.63) is 24.3 Å². The van der Waals surface area contributed by atoms with E-state index < -0.39 is 53.5 Å². The van der Waals surface area contributed by atoms with Gasteiger partial charge in [0.05, 0.1) is 15.2 Å². The Morgan fingerprint density at radius 2 is 1.07 bits per heavy atom. The fourth-order valence-electron chi connectivity index (χ4n) is 2.14. The van der Waals surface area contributed by atoms with E-state index in [-0.39, 0.29) is 69.9 Å². The largest absolute Gasteiger partial charge is 1.00 e. The van der Waals surface area contributed by atoms with Crippen LogP contribution in [0.15, 0.2) is 34.1 Å². The molecule has 0 N–H and O–H groups in total. The Morgan fingerprint density at radius 1 is 0.750 bits per heavy atom. The molecule has 0 atom stereocenters. The first kappa shape index (κ1) is 27.5. The minimum atomic E-state index is -5.01. The number of fused-ring (bicyclic) bond motifs is 1. The molecule has 0 unspecified atom stereocenters. The Balaban J connectivity index is 0.00000364. The van der Waals surface area contributed by atoms with Gasteiger partial charge >= 0.3 is 71.1 Å². The summed E-state index contributed by atoms with van der Waals surface area (Å²) in [4.78, 5) is 20.9. The van der Waals surface area contributed by atoms with Gasteiger partial charge in [0.2, 0.25) is 0 Å². The molecule has 0 aromatic heterocycles. The van der Waals surface area contributed by atoms with Crippen molar-refractivity contribution in [1.29, 1.82) is 0 Å². The predicted molar refractivity (Wildman–Crippen MR) is 82.5 cm³/mol. The zero-order valence-corrected chi connectivity index (χ0v) is 20.8. The predicted octanol–water partition coefficient (Wildman–Crippen LogP) is -5.49. The molecule has 0 heterocycles. The van der Waals surface area contributed by atoms with Crippen molar-refractivity contribution in [3.63, 3.8) is 0 Å². The number of rotatable bonds is 4. The van der Waals surface area contributed by atoms with Gasteiger partial charge in [0, 0.05) is 13.8 Å². The van der Waals surface area contributed by atoms with Crippen molar-refractivity contribution in [2.75, 3.05) is 0 Å². The maximum atomic E-state index is 11.3. The van der Waals surface area contributed by atoms with E-state index in [1.54, 1.807) is 0 Å². The van der Waals surface area contributed by atoms with Crippen molar-refractivity contribution < 1.29 is 104 Å². The van der Waals surface area contributed by atoms with E-state index >= 15 is 0 Å². The third-order valence-electron chi connectivity index (χ3n) is 3.01. The number of benzene rings is 2. The molecule has 0 spiro atoms. The van der Waals surface area contributed by atoms with Crippen molar-refractivity contribution in [2.45, 2.75) is 23.6 Å². The Kier molecular flexibility index (Phi) is 9.79. The molecule has 2 rings (SSSR count). The Morgan fingerprint density at radius 3 is 1.32 bits per heavy atom. The van der Waals surface area contributed by atoms with Gasteiger partial charge in [-0.25, -0.2) is 16.8 Å². The summed E-state index contributed by atoms with van der Waals surface area (Å²) in [7, 11) is -10.0. The molecule has 0 saturated carbocycles. The molecule has 140 valence electrons. The second-order valence-corrected chi connectivity index (χ2v) is 7.80. The van der Waals surface area contributed by atoms with Gasteiger partial charge in [-0.2, -0.15) is 0 Å². The van der Waals surface area contributed by atoms with Crippen molar-refractivity contribution in [2.24, 2.45) is 0 Å². The van der Waals surface area contributed by atoms with E-state index in [4.69, 9.17) is 9.47 Å². The van der Waals surface area contributed by atoms with Gasteiger partial charge < -0.3 is 18.6 Å². The second kappa shape index (κ2) is 9.98. The minimum Gasteiger partial charge on any atom is -0.744 e. The van der Waals surface area contributed by atoms with Crippen LogP contribution in [0.5, 0.6) is 11.5 Å². The van der Waals surface area contributed by atoms with Crippen LogP contribution in [-0.4, -0.2) is 37.9 Å². The molecule has 0 aliphatic heterocycles. The third kappa shape index (κ3) is 6.76. The normalized spacial score (nSPS) is 11.1. The molecule has 0 aliphatic rings. The molecule has 14 heteroatoms. The molecule has 0 bridgehead atoms. The Labute approximate surface area is 204 Å². The van der Waals surface area contributed by atoms with Gasteiger partial charge in [0.1, 0.15) is 31.7 Å². The zero-order valence-electron chi connectivity index (χ0n) is 15.2. The van der Waals surface area contributed by atoms with E-state index in [0.717, 1.165) is 38.1 Å². The molecule has 0 aliphatic carbocycles. The number of carbonyl (C=O) groups excluding carboxylic acids is 2. The molecule has 0 radical (unpaired) electrons. The van der Waals surface area contributed by atoms with Gasteiger partial charge in [-0.05, 0) is 29.7 Å². The molecule has 0 fully saturated rings. The van der Waals surface area contributed by atoms with E-state index in [1.165, 1.54) is 0 Å². The standard InChI is InChI=1S/C14H12O10S2.2Na/c1-7(15)23-12-5-10(25(17,18)19)3-9-4-11(26(20,21)22)6-13(14(9)12)24-8(2)16;;/h3-6H,1-2H3,(H,17,18,19)(H,20,21,22);;/q;2*+1/p-2. The molecule has 0 amide bonds. The smallest absolute Gasteiger partial charge is 0.744 e. The Hall–Kier alpha value is -0.540. The van der Waals surface area contributed by atoms with Crippen molar-refractivity contribution in [1.82, 2.24) is 0 Å². The van der Waals surface area contributed by atoms with Crippen LogP contribution >= 0.6 is 0 Å². The average molecular weight is 448 g/mol. The molecule has 10 nitrogen and oxygen atoms in total. The number of hydrogen-bond donors (Lipinski definition) is 0. The van der Waals surface area contributed by atoms with Gasteiger partial charge in [0.25, 0.3) is 0 Å².